The van der Waals surface area contributed by atoms with Crippen molar-refractivity contribution in [3.8, 4) is 0 Å². The third-order valence-corrected chi connectivity index (χ3v) is 5.55. The van der Waals surface area contributed by atoms with Crippen molar-refractivity contribution < 1.29 is 17.2 Å². The van der Waals surface area contributed by atoms with Crippen LogP contribution in [-0.2, 0) is 16.6 Å². The summed E-state index contributed by atoms with van der Waals surface area (Å²) in [7, 11) is -2.80. The highest BCUT2D eigenvalue weighted by Gasteiger charge is 2.27. The van der Waals surface area contributed by atoms with Gasteiger partial charge in [0.2, 0.25) is 10.0 Å². The fraction of sp³-hybridized carbons (Fsp3) is 0.250. The van der Waals surface area contributed by atoms with Crippen molar-refractivity contribution in [2.75, 3.05) is 12.8 Å². The van der Waals surface area contributed by atoms with E-state index >= 15 is 0 Å². The van der Waals surface area contributed by atoms with E-state index in [0.29, 0.717) is 4.88 Å². The van der Waals surface area contributed by atoms with Crippen molar-refractivity contribution in [2.24, 2.45) is 0 Å². The highest BCUT2D eigenvalue weighted by Crippen LogP contribution is 2.26. The fourth-order valence-electron chi connectivity index (χ4n) is 1.70. The monoisotopic (exact) mass is 333 g/mol. The summed E-state index contributed by atoms with van der Waals surface area (Å²) in [4.78, 5) is 4.09. The second-order valence-corrected chi connectivity index (χ2v) is 7.71. The van der Waals surface area contributed by atoms with Crippen LogP contribution in [0.3, 0.4) is 0 Å². The lowest BCUT2D eigenvalue weighted by molar-refractivity contribution is 0.461. The molecule has 0 fully saturated rings. The van der Waals surface area contributed by atoms with Gasteiger partial charge in [0.05, 0.1) is 5.01 Å². The number of thiazole rings is 1. The number of anilines is 1. The van der Waals surface area contributed by atoms with Gasteiger partial charge in [0, 0.05) is 24.7 Å². The maximum atomic E-state index is 13.9. The van der Waals surface area contributed by atoms with Crippen molar-refractivity contribution in [1.82, 2.24) is 9.29 Å². The number of nitrogen functional groups attached to an aromatic ring is 1. The van der Waals surface area contributed by atoms with Gasteiger partial charge in [0.15, 0.2) is 5.82 Å². The predicted molar refractivity (Wildman–Crippen MR) is 76.3 cm³/mol. The topological polar surface area (TPSA) is 76.3 Å². The molecule has 5 nitrogen and oxygen atoms in total. The smallest absolute Gasteiger partial charge is 0.246 e. The number of hydrogen-bond acceptors (Lipinski definition) is 5. The Balaban J connectivity index is 2.35. The van der Waals surface area contributed by atoms with Gasteiger partial charge < -0.3 is 5.73 Å². The van der Waals surface area contributed by atoms with E-state index in [1.165, 1.54) is 18.4 Å². The normalized spacial score (nSPS) is 12.0. The van der Waals surface area contributed by atoms with Gasteiger partial charge in [-0.1, -0.05) is 0 Å². The Kier molecular flexibility index (Phi) is 4.26. The first kappa shape index (κ1) is 15.8. The molecule has 0 bridgehead atoms. The average Bonchev–Trinajstić information content (AvgIpc) is 2.81. The number of nitrogens with zero attached hydrogens (tertiary/aromatic N) is 2. The lowest BCUT2D eigenvalue weighted by Gasteiger charge is -2.17. The standard InChI is InChI=1S/C12H13F2N3O2S2/c1-7-16-5-8(20-7)6-17(2)21(18,19)10-4-3-9(13)12(15)11(10)14/h3-5H,6,15H2,1-2H3. The molecule has 0 amide bonds. The van der Waals surface area contributed by atoms with E-state index in [2.05, 4.69) is 4.98 Å². The highest BCUT2D eigenvalue weighted by atomic mass is 32.2. The van der Waals surface area contributed by atoms with E-state index in [1.807, 2.05) is 0 Å². The van der Waals surface area contributed by atoms with Crippen LogP contribution in [0.4, 0.5) is 14.5 Å². The molecule has 2 rings (SSSR count). The Bertz CT molecular complexity index is 775. The summed E-state index contributed by atoms with van der Waals surface area (Å²) in [6.07, 6.45) is 1.56. The summed E-state index contributed by atoms with van der Waals surface area (Å²) in [6, 6.07) is 1.70. The number of aryl methyl sites for hydroxylation is 1. The molecule has 21 heavy (non-hydrogen) atoms. The van der Waals surface area contributed by atoms with E-state index in [0.717, 1.165) is 21.4 Å². The molecule has 0 radical (unpaired) electrons. The summed E-state index contributed by atoms with van der Waals surface area (Å²) in [5.74, 6) is -2.27. The van der Waals surface area contributed by atoms with Crippen LogP contribution in [0.25, 0.3) is 0 Å². The van der Waals surface area contributed by atoms with Crippen molar-refractivity contribution >= 4 is 27.0 Å². The van der Waals surface area contributed by atoms with Crippen LogP contribution in [0.5, 0.6) is 0 Å². The number of nitrogens with two attached hydrogens (primary N) is 1. The largest absolute Gasteiger partial charge is 0.394 e. The summed E-state index contributed by atoms with van der Waals surface area (Å²) in [6.45, 7) is 1.84. The van der Waals surface area contributed by atoms with Crippen molar-refractivity contribution in [1.29, 1.82) is 0 Å². The zero-order chi connectivity index (χ0) is 15.8. The second kappa shape index (κ2) is 5.66. The Hall–Kier alpha value is -1.58. The molecule has 0 aliphatic heterocycles. The summed E-state index contributed by atoms with van der Waals surface area (Å²) >= 11 is 1.34. The van der Waals surface area contributed by atoms with Crippen LogP contribution in [0.2, 0.25) is 0 Å². The van der Waals surface area contributed by atoms with E-state index in [9.17, 15) is 17.2 Å². The van der Waals surface area contributed by atoms with Crippen molar-refractivity contribution in [2.45, 2.75) is 18.4 Å². The molecule has 1 aromatic carbocycles. The SMILES string of the molecule is Cc1ncc(CN(C)S(=O)(=O)c2ccc(F)c(N)c2F)s1. The lowest BCUT2D eigenvalue weighted by atomic mass is 10.3. The third-order valence-electron chi connectivity index (χ3n) is 2.83. The van der Waals surface area contributed by atoms with Crippen LogP contribution >= 0.6 is 11.3 Å². The number of benzene rings is 1. The Morgan fingerprint density at radius 2 is 2.05 bits per heavy atom. The molecule has 0 saturated carbocycles. The van der Waals surface area contributed by atoms with E-state index < -0.39 is 32.2 Å². The molecule has 0 aliphatic rings. The first-order valence-corrected chi connectivity index (χ1v) is 8.10. The van der Waals surface area contributed by atoms with Gasteiger partial charge in [0.25, 0.3) is 0 Å². The number of sulfonamides is 1. The van der Waals surface area contributed by atoms with Gasteiger partial charge in [-0.3, -0.25) is 0 Å². The van der Waals surface area contributed by atoms with Crippen LogP contribution in [0.1, 0.15) is 9.88 Å². The zero-order valence-electron chi connectivity index (χ0n) is 11.3. The second-order valence-electron chi connectivity index (χ2n) is 4.38. The molecule has 0 unspecified atom stereocenters. The molecule has 114 valence electrons. The summed E-state index contributed by atoms with van der Waals surface area (Å²) < 4.78 is 52.6. The lowest BCUT2D eigenvalue weighted by Crippen LogP contribution is -2.27. The third kappa shape index (κ3) is 3.04. The molecule has 1 aromatic heterocycles. The van der Waals surface area contributed by atoms with E-state index in [1.54, 1.807) is 13.1 Å². The molecular formula is C12H13F2N3O2S2. The first-order chi connectivity index (χ1) is 9.73. The Labute approximate surface area is 125 Å². The average molecular weight is 333 g/mol. The quantitative estimate of drug-likeness (QED) is 0.870. The van der Waals surface area contributed by atoms with Gasteiger partial charge >= 0.3 is 0 Å². The van der Waals surface area contributed by atoms with Gasteiger partial charge in [0.1, 0.15) is 16.4 Å². The Morgan fingerprint density at radius 3 is 2.62 bits per heavy atom. The van der Waals surface area contributed by atoms with Crippen LogP contribution in [-0.4, -0.2) is 24.8 Å². The predicted octanol–water partition coefficient (Wildman–Crippen LogP) is 2.13. The molecular weight excluding hydrogens is 320 g/mol. The summed E-state index contributed by atoms with van der Waals surface area (Å²) in [5, 5.41) is 0.799. The molecule has 2 aromatic rings. The molecule has 2 N–H and O–H groups in total. The summed E-state index contributed by atoms with van der Waals surface area (Å²) in [5.41, 5.74) is 4.39. The number of aromatic nitrogens is 1. The molecule has 9 heteroatoms. The number of hydrogen-bond donors (Lipinski definition) is 1. The molecule has 0 atom stereocenters. The minimum absolute atomic E-state index is 0.0462. The molecule has 1 heterocycles. The fourth-order valence-corrected chi connectivity index (χ4v) is 3.85. The van der Waals surface area contributed by atoms with Gasteiger partial charge in [-0.15, -0.1) is 11.3 Å². The Morgan fingerprint density at radius 1 is 1.38 bits per heavy atom. The maximum Gasteiger partial charge on any atom is 0.246 e. The number of rotatable bonds is 4. The van der Waals surface area contributed by atoms with Gasteiger partial charge in [-0.05, 0) is 19.1 Å². The minimum Gasteiger partial charge on any atom is -0.394 e. The molecule has 0 aliphatic carbocycles. The van der Waals surface area contributed by atoms with E-state index in [4.69, 9.17) is 5.73 Å². The van der Waals surface area contributed by atoms with Crippen LogP contribution < -0.4 is 5.73 Å². The van der Waals surface area contributed by atoms with Crippen LogP contribution in [0, 0.1) is 18.6 Å². The van der Waals surface area contributed by atoms with Crippen molar-refractivity contribution in [3.05, 3.63) is 39.8 Å². The number of halogens is 2. The highest BCUT2D eigenvalue weighted by molar-refractivity contribution is 7.89. The molecule has 0 spiro atoms. The minimum atomic E-state index is -4.11. The molecule has 0 saturated heterocycles. The first-order valence-electron chi connectivity index (χ1n) is 5.84. The van der Waals surface area contributed by atoms with E-state index in [-0.39, 0.29) is 6.54 Å². The zero-order valence-corrected chi connectivity index (χ0v) is 12.9. The van der Waals surface area contributed by atoms with Crippen molar-refractivity contribution in [3.63, 3.8) is 0 Å². The van der Waals surface area contributed by atoms with Gasteiger partial charge in [-0.25, -0.2) is 22.2 Å². The maximum absolute atomic E-state index is 13.9. The van der Waals surface area contributed by atoms with Crippen LogP contribution in [0.15, 0.2) is 23.2 Å². The van der Waals surface area contributed by atoms with Gasteiger partial charge in [-0.2, -0.15) is 4.31 Å².